The van der Waals surface area contributed by atoms with Crippen molar-refractivity contribution >= 4 is 27.8 Å². The molecule has 2 aliphatic heterocycles. The van der Waals surface area contributed by atoms with Crippen LogP contribution in [0.25, 0.3) is 0 Å². The van der Waals surface area contributed by atoms with Gasteiger partial charge in [-0.25, -0.2) is 9.78 Å². The lowest BCUT2D eigenvalue weighted by Crippen LogP contribution is -2.50. The summed E-state index contributed by atoms with van der Waals surface area (Å²) < 4.78 is 18.9. The minimum Gasteiger partial charge on any atom is -0.481 e. The lowest BCUT2D eigenvalue weighted by Gasteiger charge is -2.35. The van der Waals surface area contributed by atoms with Crippen molar-refractivity contribution in [3.8, 4) is 5.88 Å². The average Bonchev–Trinajstić information content (AvgIpc) is 3.53. The molecule has 1 N–H and O–H groups in total. The number of carboxylic acid groups (broad SMARTS) is 1. The van der Waals surface area contributed by atoms with Crippen LogP contribution in [-0.2, 0) is 25.7 Å². The number of carboxylic acids is 1. The summed E-state index contributed by atoms with van der Waals surface area (Å²) in [5.74, 6) is -0.845. The van der Waals surface area contributed by atoms with Crippen LogP contribution in [0.15, 0.2) is 41.0 Å². The van der Waals surface area contributed by atoms with E-state index in [0.29, 0.717) is 24.8 Å². The van der Waals surface area contributed by atoms with E-state index in [1.807, 2.05) is 51.2 Å². The Balaban J connectivity index is 1.58. The van der Waals surface area contributed by atoms with Gasteiger partial charge in [-0.3, -0.25) is 4.79 Å². The average molecular weight is 616 g/mol. The van der Waals surface area contributed by atoms with Gasteiger partial charge >= 0.3 is 5.97 Å². The molecular formula is C31H39BrN2O6. The largest absolute Gasteiger partial charge is 0.481 e. The van der Waals surface area contributed by atoms with Gasteiger partial charge in [-0.2, -0.15) is 0 Å². The molecule has 9 heteroatoms. The van der Waals surface area contributed by atoms with E-state index in [2.05, 4.69) is 27.0 Å². The second-order valence-electron chi connectivity index (χ2n) is 12.2. The molecule has 0 radical (unpaired) electrons. The second-order valence-corrected chi connectivity index (χ2v) is 13.1. The molecule has 2 aromatic rings. The first kappa shape index (κ1) is 29.0. The fourth-order valence-electron chi connectivity index (χ4n) is 6.52. The number of ether oxygens (including phenoxy) is 3. The Kier molecular flexibility index (Phi) is 8.55. The Morgan fingerprint density at radius 3 is 2.50 bits per heavy atom. The number of nitrogens with zero attached hydrogens (tertiary/aromatic N) is 2. The van der Waals surface area contributed by atoms with Gasteiger partial charge in [-0.05, 0) is 60.3 Å². The van der Waals surface area contributed by atoms with Crippen LogP contribution in [-0.4, -0.2) is 58.8 Å². The van der Waals surface area contributed by atoms with E-state index >= 15 is 0 Å². The molecule has 3 aliphatic rings. The highest BCUT2D eigenvalue weighted by atomic mass is 79.9. The molecule has 2 saturated heterocycles. The second kappa shape index (κ2) is 11.8. The fourth-order valence-corrected chi connectivity index (χ4v) is 7.04. The molecule has 8 nitrogen and oxygen atoms in total. The van der Waals surface area contributed by atoms with E-state index in [0.717, 1.165) is 34.9 Å². The molecule has 1 aromatic heterocycles. The van der Waals surface area contributed by atoms with Gasteiger partial charge in [0.2, 0.25) is 5.88 Å². The number of hydrogen-bond acceptors (Lipinski definition) is 6. The maximum atomic E-state index is 14.0. The van der Waals surface area contributed by atoms with Crippen molar-refractivity contribution in [3.05, 3.63) is 57.7 Å². The quantitative estimate of drug-likeness (QED) is 0.396. The maximum Gasteiger partial charge on any atom is 0.326 e. The molecule has 5 rings (SSSR count). The van der Waals surface area contributed by atoms with Crippen LogP contribution in [0.5, 0.6) is 5.88 Å². The summed E-state index contributed by atoms with van der Waals surface area (Å²) in [6.07, 6.45) is 5.47. The van der Waals surface area contributed by atoms with Crippen molar-refractivity contribution in [2.75, 3.05) is 13.7 Å². The van der Waals surface area contributed by atoms with Gasteiger partial charge in [0.15, 0.2) is 0 Å². The number of methoxy groups -OCH3 is 1. The van der Waals surface area contributed by atoms with Crippen LogP contribution in [0, 0.1) is 11.3 Å². The van der Waals surface area contributed by atoms with Crippen molar-refractivity contribution < 1.29 is 28.9 Å². The van der Waals surface area contributed by atoms with Crippen molar-refractivity contribution in [1.82, 2.24) is 9.88 Å². The highest BCUT2D eigenvalue weighted by Crippen LogP contribution is 2.51. The maximum absolute atomic E-state index is 14.0. The van der Waals surface area contributed by atoms with E-state index in [9.17, 15) is 14.7 Å². The summed E-state index contributed by atoms with van der Waals surface area (Å²) >= 11 is 3.68. The monoisotopic (exact) mass is 614 g/mol. The molecule has 1 aromatic carbocycles. The molecule has 1 aliphatic carbocycles. The Hall–Kier alpha value is -2.49. The predicted molar refractivity (Wildman–Crippen MR) is 153 cm³/mol. The fraction of sp³-hybridized carbons (Fsp3) is 0.581. The predicted octanol–water partition coefficient (Wildman–Crippen LogP) is 5.88. The number of amides is 1. The van der Waals surface area contributed by atoms with Gasteiger partial charge in [-0.15, -0.1) is 0 Å². The van der Waals surface area contributed by atoms with E-state index in [1.54, 1.807) is 12.0 Å². The lowest BCUT2D eigenvalue weighted by molar-refractivity contribution is -0.156. The third-order valence-corrected chi connectivity index (χ3v) is 9.41. The van der Waals surface area contributed by atoms with Crippen LogP contribution in [0.4, 0.5) is 0 Å². The Labute approximate surface area is 244 Å². The van der Waals surface area contributed by atoms with E-state index in [-0.39, 0.29) is 12.5 Å². The van der Waals surface area contributed by atoms with Gasteiger partial charge in [0.05, 0.1) is 25.9 Å². The Morgan fingerprint density at radius 2 is 1.93 bits per heavy atom. The zero-order valence-corrected chi connectivity index (χ0v) is 25.2. The number of carbonyl (C=O) groups excluding carboxylic acids is 1. The van der Waals surface area contributed by atoms with Crippen molar-refractivity contribution in [2.45, 2.75) is 89.7 Å². The number of aromatic nitrogens is 1. The number of hydrogen-bond donors (Lipinski definition) is 1. The number of halogens is 1. The number of pyridine rings is 1. The number of benzene rings is 1. The third-order valence-electron chi connectivity index (χ3n) is 8.69. The summed E-state index contributed by atoms with van der Waals surface area (Å²) in [4.78, 5) is 33.1. The smallest absolute Gasteiger partial charge is 0.326 e. The van der Waals surface area contributed by atoms with Gasteiger partial charge in [0.1, 0.15) is 12.1 Å². The highest BCUT2D eigenvalue weighted by molar-refractivity contribution is 9.10. The van der Waals surface area contributed by atoms with Gasteiger partial charge < -0.3 is 24.2 Å². The molecular weight excluding hydrogens is 576 g/mol. The zero-order valence-electron chi connectivity index (χ0n) is 23.6. The first-order valence-electron chi connectivity index (χ1n) is 14.2. The van der Waals surface area contributed by atoms with Crippen molar-refractivity contribution in [2.24, 2.45) is 11.3 Å². The molecule has 216 valence electrons. The van der Waals surface area contributed by atoms with Crippen LogP contribution in [0.1, 0.15) is 81.5 Å². The molecule has 40 heavy (non-hydrogen) atoms. The summed E-state index contributed by atoms with van der Waals surface area (Å²) in [5.41, 5.74) is 2.31. The zero-order chi connectivity index (χ0) is 28.6. The van der Waals surface area contributed by atoms with Crippen LogP contribution in [0.2, 0.25) is 0 Å². The molecule has 3 heterocycles. The van der Waals surface area contributed by atoms with E-state index < -0.39 is 41.6 Å². The molecule has 0 spiro atoms. The topological polar surface area (TPSA) is 98.2 Å². The Morgan fingerprint density at radius 1 is 1.18 bits per heavy atom. The SMILES string of the molecule is COc1ncc(C2CCC2)cc1CO[C@H]1[C@H](C(C)(C)C)[C@@H](C(=O)O)N(C(=O)[C@@H]2CCCO2)[C@H]1c1ccccc1Br. The van der Waals surface area contributed by atoms with E-state index in [4.69, 9.17) is 14.2 Å². The summed E-state index contributed by atoms with van der Waals surface area (Å²) in [6, 6.07) is 8.05. The summed E-state index contributed by atoms with van der Waals surface area (Å²) in [6.45, 7) is 6.72. The minimum absolute atomic E-state index is 0.184. The van der Waals surface area contributed by atoms with Gasteiger partial charge in [0.25, 0.3) is 5.91 Å². The standard InChI is InChI=1S/C31H39BrN2O6/c1-31(2,3)24-26(30(36)37)34(29(35)23-13-8-14-39-23)25(21-11-5-6-12-22(21)32)27(24)40-17-20-15-19(18-9-7-10-18)16-33-28(20)38-4/h5-6,11-12,15-16,18,23-27H,7-10,13-14,17H2,1-4H3,(H,36,37)/t23-,24+,25-,26-,27-/m0/s1. The number of rotatable bonds is 8. The molecule has 0 unspecified atom stereocenters. The van der Waals surface area contributed by atoms with E-state index in [1.165, 1.54) is 12.0 Å². The number of aliphatic carboxylic acids is 1. The Bertz CT molecular complexity index is 1240. The van der Waals surface area contributed by atoms with Crippen molar-refractivity contribution in [1.29, 1.82) is 0 Å². The first-order chi connectivity index (χ1) is 19.1. The summed E-state index contributed by atoms with van der Waals surface area (Å²) in [7, 11) is 1.59. The highest BCUT2D eigenvalue weighted by Gasteiger charge is 2.60. The number of carbonyl (C=O) groups is 2. The number of likely N-dealkylation sites (tertiary alicyclic amines) is 1. The van der Waals surface area contributed by atoms with Gasteiger partial charge in [-0.1, -0.05) is 61.3 Å². The molecule has 0 bridgehead atoms. The van der Waals surface area contributed by atoms with Crippen LogP contribution < -0.4 is 4.74 Å². The molecule has 5 atom stereocenters. The summed E-state index contributed by atoms with van der Waals surface area (Å²) in [5, 5.41) is 10.6. The first-order valence-corrected chi connectivity index (χ1v) is 15.0. The lowest BCUT2D eigenvalue weighted by atomic mass is 9.73. The molecule has 1 saturated carbocycles. The molecule has 3 fully saturated rings. The van der Waals surface area contributed by atoms with Gasteiger partial charge in [0, 0.05) is 28.8 Å². The minimum atomic E-state index is -1.08. The van der Waals surface area contributed by atoms with Crippen LogP contribution >= 0.6 is 15.9 Å². The van der Waals surface area contributed by atoms with Crippen molar-refractivity contribution in [3.63, 3.8) is 0 Å². The molecule has 1 amide bonds. The van der Waals surface area contributed by atoms with Crippen LogP contribution in [0.3, 0.4) is 0 Å². The normalized spacial score (nSPS) is 27.0. The third kappa shape index (κ3) is 5.52.